The van der Waals surface area contributed by atoms with E-state index in [1.165, 1.54) is 0 Å². The molecular weight excluding hydrogens is 434 g/mol. The van der Waals surface area contributed by atoms with E-state index in [1.807, 2.05) is 54.6 Å². The highest BCUT2D eigenvalue weighted by Crippen LogP contribution is 2.34. The van der Waals surface area contributed by atoms with Gasteiger partial charge in [0.2, 0.25) is 0 Å². The lowest BCUT2D eigenvalue weighted by Gasteiger charge is -2.27. The standard InChI is InChI=1S/C19H14BrNO3S2/c20-14-8-6-13(7-9-14)11-16-17(22)21(19(25)26-16)15(18(23)24)10-12-4-2-1-3-5-12/h1-9,11,15H,10H2,(H,23,24)/p-1/b16-11+/t15-/m0/s1. The van der Waals surface area contributed by atoms with Crippen LogP contribution in [0.4, 0.5) is 0 Å². The molecule has 3 rings (SSSR count). The molecule has 2 aromatic rings. The maximum Gasteiger partial charge on any atom is 0.266 e. The highest BCUT2D eigenvalue weighted by molar-refractivity contribution is 9.10. The summed E-state index contributed by atoms with van der Waals surface area (Å²) in [6, 6.07) is 15.4. The molecule has 7 heteroatoms. The molecule has 0 spiro atoms. The summed E-state index contributed by atoms with van der Waals surface area (Å²) in [5, 5.41) is 11.7. The molecule has 4 nitrogen and oxygen atoms in total. The van der Waals surface area contributed by atoms with Crippen molar-refractivity contribution in [3.63, 3.8) is 0 Å². The van der Waals surface area contributed by atoms with E-state index in [2.05, 4.69) is 15.9 Å². The van der Waals surface area contributed by atoms with E-state index in [9.17, 15) is 14.7 Å². The summed E-state index contributed by atoms with van der Waals surface area (Å²) >= 11 is 9.74. The summed E-state index contributed by atoms with van der Waals surface area (Å²) in [5.41, 5.74) is 1.63. The molecule has 0 N–H and O–H groups in total. The second kappa shape index (κ2) is 8.16. The number of rotatable bonds is 5. The summed E-state index contributed by atoms with van der Waals surface area (Å²) in [7, 11) is 0. The zero-order valence-corrected chi connectivity index (χ0v) is 16.6. The summed E-state index contributed by atoms with van der Waals surface area (Å²) in [6.45, 7) is 0. The van der Waals surface area contributed by atoms with Gasteiger partial charge in [-0.2, -0.15) is 0 Å². The van der Waals surface area contributed by atoms with E-state index >= 15 is 0 Å². The van der Waals surface area contributed by atoms with Gasteiger partial charge in [0.05, 0.1) is 16.9 Å². The molecule has 0 radical (unpaired) electrons. The first-order chi connectivity index (χ1) is 12.5. The maximum absolute atomic E-state index is 12.8. The van der Waals surface area contributed by atoms with Crippen molar-refractivity contribution < 1.29 is 14.7 Å². The number of carboxylic acids is 1. The van der Waals surface area contributed by atoms with Crippen LogP contribution in [0.5, 0.6) is 0 Å². The quantitative estimate of drug-likeness (QED) is 0.521. The number of carboxylic acid groups (broad SMARTS) is 1. The van der Waals surface area contributed by atoms with Gasteiger partial charge in [-0.3, -0.25) is 9.69 Å². The predicted molar refractivity (Wildman–Crippen MR) is 108 cm³/mol. The summed E-state index contributed by atoms with van der Waals surface area (Å²) in [4.78, 5) is 26.0. The molecule has 0 aromatic heterocycles. The van der Waals surface area contributed by atoms with Crippen molar-refractivity contribution in [2.24, 2.45) is 0 Å². The molecule has 1 saturated heterocycles. The van der Waals surface area contributed by atoms with Crippen molar-refractivity contribution in [3.8, 4) is 0 Å². The van der Waals surface area contributed by atoms with Crippen LogP contribution in [0.25, 0.3) is 6.08 Å². The summed E-state index contributed by atoms with van der Waals surface area (Å²) < 4.78 is 1.16. The van der Waals surface area contributed by atoms with Crippen LogP contribution in [0, 0.1) is 0 Å². The van der Waals surface area contributed by atoms with Crippen molar-refractivity contribution in [2.75, 3.05) is 0 Å². The van der Waals surface area contributed by atoms with Crippen molar-refractivity contribution >= 4 is 62.2 Å². The molecule has 1 aliphatic heterocycles. The van der Waals surface area contributed by atoms with Gasteiger partial charge in [-0.25, -0.2) is 0 Å². The van der Waals surface area contributed by atoms with E-state index in [-0.39, 0.29) is 10.7 Å². The van der Waals surface area contributed by atoms with Crippen LogP contribution in [0.15, 0.2) is 64.0 Å². The summed E-state index contributed by atoms with van der Waals surface area (Å²) in [5.74, 6) is -1.73. The molecule has 1 aliphatic rings. The lowest BCUT2D eigenvalue weighted by Crippen LogP contribution is -2.51. The fourth-order valence-corrected chi connectivity index (χ4v) is 4.20. The number of halogens is 1. The Morgan fingerprint density at radius 3 is 2.46 bits per heavy atom. The van der Waals surface area contributed by atoms with Crippen LogP contribution in [-0.4, -0.2) is 27.1 Å². The van der Waals surface area contributed by atoms with Crippen molar-refractivity contribution in [1.29, 1.82) is 0 Å². The number of hydrogen-bond acceptors (Lipinski definition) is 5. The molecule has 0 saturated carbocycles. The predicted octanol–water partition coefficient (Wildman–Crippen LogP) is 3.01. The number of nitrogens with zero attached hydrogens (tertiary/aromatic N) is 1. The van der Waals surface area contributed by atoms with E-state index in [4.69, 9.17) is 12.2 Å². The fourth-order valence-electron chi connectivity index (χ4n) is 2.58. The molecule has 0 bridgehead atoms. The number of carbonyl (C=O) groups is 2. The first-order valence-corrected chi connectivity index (χ1v) is 9.75. The fraction of sp³-hybridized carbons (Fsp3) is 0.105. The lowest BCUT2D eigenvalue weighted by atomic mass is 10.0. The molecule has 132 valence electrons. The third-order valence-electron chi connectivity index (χ3n) is 3.85. The average molecular weight is 447 g/mol. The minimum absolute atomic E-state index is 0.140. The largest absolute Gasteiger partial charge is 0.548 e. The van der Waals surface area contributed by atoms with E-state index in [0.29, 0.717) is 4.91 Å². The minimum Gasteiger partial charge on any atom is -0.548 e. The zero-order chi connectivity index (χ0) is 18.7. The van der Waals surface area contributed by atoms with Crippen LogP contribution >= 0.6 is 39.9 Å². The topological polar surface area (TPSA) is 60.4 Å². The molecule has 1 heterocycles. The summed E-state index contributed by atoms with van der Waals surface area (Å²) in [6.07, 6.45) is 1.85. The Morgan fingerprint density at radius 2 is 1.85 bits per heavy atom. The maximum atomic E-state index is 12.8. The number of benzene rings is 2. The van der Waals surface area contributed by atoms with Gasteiger partial charge in [-0.1, -0.05) is 82.4 Å². The smallest absolute Gasteiger partial charge is 0.266 e. The Kier molecular flexibility index (Phi) is 5.90. The molecule has 2 aromatic carbocycles. The monoisotopic (exact) mass is 446 g/mol. The highest BCUT2D eigenvalue weighted by Gasteiger charge is 2.37. The van der Waals surface area contributed by atoms with Crippen molar-refractivity contribution in [1.82, 2.24) is 4.90 Å². The molecule has 1 fully saturated rings. The number of aliphatic carboxylic acids is 1. The van der Waals surface area contributed by atoms with Crippen LogP contribution in [0.1, 0.15) is 11.1 Å². The number of hydrogen-bond donors (Lipinski definition) is 0. The van der Waals surface area contributed by atoms with E-state index < -0.39 is 17.9 Å². The molecular formula is C19H13BrNO3S2-. The van der Waals surface area contributed by atoms with Crippen molar-refractivity contribution in [3.05, 3.63) is 75.1 Å². The van der Waals surface area contributed by atoms with Gasteiger partial charge in [0.1, 0.15) is 4.32 Å². The minimum atomic E-state index is -1.32. The Labute approximate surface area is 169 Å². The van der Waals surface area contributed by atoms with E-state index in [1.54, 1.807) is 6.08 Å². The molecule has 1 amide bonds. The Morgan fingerprint density at radius 1 is 1.19 bits per heavy atom. The molecule has 0 aliphatic carbocycles. The Hall–Kier alpha value is -1.96. The van der Waals surface area contributed by atoms with Gasteiger partial charge in [0.15, 0.2) is 0 Å². The SMILES string of the molecule is O=C([O-])[C@H](Cc1ccccc1)N1C(=O)/C(=C\c2ccc(Br)cc2)SC1=S. The molecule has 0 unspecified atom stereocenters. The van der Waals surface area contributed by atoms with Gasteiger partial charge in [0.25, 0.3) is 5.91 Å². The normalized spacial score (nSPS) is 17.0. The van der Waals surface area contributed by atoms with Gasteiger partial charge < -0.3 is 9.90 Å². The Balaban J connectivity index is 1.86. The molecule has 26 heavy (non-hydrogen) atoms. The highest BCUT2D eigenvalue weighted by atomic mass is 79.9. The van der Waals surface area contributed by atoms with Crippen LogP contribution in [-0.2, 0) is 16.0 Å². The number of thiocarbonyl (C=S) groups is 1. The van der Waals surface area contributed by atoms with E-state index in [0.717, 1.165) is 32.3 Å². The van der Waals surface area contributed by atoms with Crippen molar-refractivity contribution in [2.45, 2.75) is 12.5 Å². The van der Waals surface area contributed by atoms with Gasteiger partial charge in [0, 0.05) is 4.47 Å². The van der Waals surface area contributed by atoms with Gasteiger partial charge in [-0.05, 0) is 35.8 Å². The van der Waals surface area contributed by atoms with Gasteiger partial charge in [-0.15, -0.1) is 0 Å². The van der Waals surface area contributed by atoms with Gasteiger partial charge >= 0.3 is 0 Å². The third-order valence-corrected chi connectivity index (χ3v) is 5.71. The lowest BCUT2D eigenvalue weighted by molar-refractivity contribution is -0.310. The number of thioether (sulfide) groups is 1. The number of carbonyl (C=O) groups excluding carboxylic acids is 2. The number of amides is 1. The van der Waals surface area contributed by atoms with Crippen LogP contribution in [0.2, 0.25) is 0 Å². The first kappa shape index (κ1) is 18.8. The zero-order valence-electron chi connectivity index (χ0n) is 13.4. The first-order valence-electron chi connectivity index (χ1n) is 7.73. The average Bonchev–Trinajstić information content (AvgIpc) is 2.89. The second-order valence-electron chi connectivity index (χ2n) is 5.63. The van der Waals surface area contributed by atoms with Crippen LogP contribution < -0.4 is 5.11 Å². The Bertz CT molecular complexity index is 881. The molecule has 1 atom stereocenters. The third kappa shape index (κ3) is 4.23. The second-order valence-corrected chi connectivity index (χ2v) is 8.22. The van der Waals surface area contributed by atoms with Crippen LogP contribution in [0.3, 0.4) is 0 Å².